The zero-order chi connectivity index (χ0) is 13.7. The molecule has 2 amide bonds. The van der Waals surface area contributed by atoms with E-state index in [0.29, 0.717) is 19.8 Å². The molecule has 2 rings (SSSR count). The number of hydrogen-bond donors (Lipinski definition) is 2. The molecular formula is C12H21N3O3S. The standard InChI is InChI=1S/C12H21N3O3S/c13-10(16)11(17)14-9-12(1-5-18-6-2-12)15-3-7-19-8-4-15/h1-9H2,(H2,13,16)(H,14,17). The molecule has 2 heterocycles. The van der Waals surface area contributed by atoms with Crippen molar-refractivity contribution in [2.24, 2.45) is 5.73 Å². The Morgan fingerprint density at radius 1 is 1.26 bits per heavy atom. The number of rotatable bonds is 3. The molecule has 0 saturated carbocycles. The van der Waals surface area contributed by atoms with Gasteiger partial charge in [0, 0.05) is 49.9 Å². The Kier molecular flexibility index (Phi) is 5.06. The molecule has 0 aromatic heterocycles. The summed E-state index contributed by atoms with van der Waals surface area (Å²) in [6.07, 6.45) is 1.77. The summed E-state index contributed by atoms with van der Waals surface area (Å²) in [5.74, 6) is 0.618. The van der Waals surface area contributed by atoms with Gasteiger partial charge in [-0.25, -0.2) is 0 Å². The molecule has 0 aromatic carbocycles. The van der Waals surface area contributed by atoms with Crippen molar-refractivity contribution in [3.8, 4) is 0 Å². The lowest BCUT2D eigenvalue weighted by Crippen LogP contribution is -2.61. The zero-order valence-electron chi connectivity index (χ0n) is 11.0. The number of carbonyl (C=O) groups is 2. The fourth-order valence-corrected chi connectivity index (χ4v) is 3.63. The minimum atomic E-state index is -0.920. The molecular weight excluding hydrogens is 266 g/mol. The van der Waals surface area contributed by atoms with Gasteiger partial charge in [-0.1, -0.05) is 0 Å². The molecule has 0 aromatic rings. The topological polar surface area (TPSA) is 84.7 Å². The van der Waals surface area contributed by atoms with Crippen molar-refractivity contribution in [2.45, 2.75) is 18.4 Å². The Morgan fingerprint density at radius 2 is 1.89 bits per heavy atom. The van der Waals surface area contributed by atoms with Crippen LogP contribution >= 0.6 is 11.8 Å². The number of carbonyl (C=O) groups excluding carboxylic acids is 2. The first-order chi connectivity index (χ1) is 9.14. The van der Waals surface area contributed by atoms with E-state index in [4.69, 9.17) is 10.5 Å². The SMILES string of the molecule is NC(=O)C(=O)NCC1(N2CCSCC2)CCOCC1. The Balaban J connectivity index is 2.01. The van der Waals surface area contributed by atoms with Crippen LogP contribution in [0.15, 0.2) is 0 Å². The summed E-state index contributed by atoms with van der Waals surface area (Å²) in [6, 6.07) is 0. The van der Waals surface area contributed by atoms with E-state index in [1.54, 1.807) is 0 Å². The molecule has 0 unspecified atom stereocenters. The summed E-state index contributed by atoms with van der Waals surface area (Å²) >= 11 is 1.96. The van der Waals surface area contributed by atoms with Crippen molar-refractivity contribution in [3.63, 3.8) is 0 Å². The van der Waals surface area contributed by atoms with Crippen LogP contribution in [-0.4, -0.2) is 66.6 Å². The normalized spacial score (nSPS) is 23.8. The molecule has 2 saturated heterocycles. The average Bonchev–Trinajstić information content (AvgIpc) is 2.46. The zero-order valence-corrected chi connectivity index (χ0v) is 11.8. The maximum Gasteiger partial charge on any atom is 0.309 e. The quantitative estimate of drug-likeness (QED) is 0.663. The summed E-state index contributed by atoms with van der Waals surface area (Å²) in [5, 5.41) is 2.67. The van der Waals surface area contributed by atoms with Gasteiger partial charge in [0.1, 0.15) is 0 Å². The van der Waals surface area contributed by atoms with Crippen molar-refractivity contribution in [2.75, 3.05) is 44.4 Å². The monoisotopic (exact) mass is 287 g/mol. The molecule has 7 heteroatoms. The van der Waals surface area contributed by atoms with Crippen LogP contribution in [0.1, 0.15) is 12.8 Å². The van der Waals surface area contributed by atoms with Crippen molar-refractivity contribution < 1.29 is 14.3 Å². The van der Waals surface area contributed by atoms with Gasteiger partial charge >= 0.3 is 11.8 Å². The number of nitrogens with two attached hydrogens (primary N) is 1. The fraction of sp³-hybridized carbons (Fsp3) is 0.833. The Bertz CT molecular complexity index is 339. The van der Waals surface area contributed by atoms with Gasteiger partial charge in [0.15, 0.2) is 0 Å². The first kappa shape index (κ1) is 14.6. The van der Waals surface area contributed by atoms with Crippen LogP contribution in [0.2, 0.25) is 0 Å². The number of nitrogens with zero attached hydrogens (tertiary/aromatic N) is 1. The minimum Gasteiger partial charge on any atom is -0.381 e. The molecule has 0 spiro atoms. The van der Waals surface area contributed by atoms with Crippen LogP contribution in [0, 0.1) is 0 Å². The molecule has 2 aliphatic heterocycles. The highest BCUT2D eigenvalue weighted by atomic mass is 32.2. The van der Waals surface area contributed by atoms with Crippen LogP contribution in [-0.2, 0) is 14.3 Å². The molecule has 3 N–H and O–H groups in total. The minimum absolute atomic E-state index is 0.0790. The van der Waals surface area contributed by atoms with E-state index in [9.17, 15) is 9.59 Å². The predicted molar refractivity (Wildman–Crippen MR) is 73.9 cm³/mol. The molecule has 19 heavy (non-hydrogen) atoms. The Hall–Kier alpha value is -0.790. The summed E-state index contributed by atoms with van der Waals surface area (Å²) in [6.45, 7) is 3.93. The number of hydrogen-bond acceptors (Lipinski definition) is 5. The molecule has 0 bridgehead atoms. The van der Waals surface area contributed by atoms with Crippen molar-refractivity contribution in [3.05, 3.63) is 0 Å². The first-order valence-electron chi connectivity index (χ1n) is 6.62. The highest BCUT2D eigenvalue weighted by molar-refractivity contribution is 7.99. The molecule has 0 aliphatic carbocycles. The molecule has 6 nitrogen and oxygen atoms in total. The number of ether oxygens (including phenoxy) is 1. The Labute approximate surface area is 117 Å². The molecule has 2 aliphatic rings. The van der Waals surface area contributed by atoms with E-state index in [1.165, 1.54) is 0 Å². The van der Waals surface area contributed by atoms with Gasteiger partial charge in [-0.05, 0) is 12.8 Å². The van der Waals surface area contributed by atoms with Gasteiger partial charge in [-0.3, -0.25) is 14.5 Å². The number of thioether (sulfide) groups is 1. The van der Waals surface area contributed by atoms with E-state index in [1.807, 2.05) is 11.8 Å². The van der Waals surface area contributed by atoms with Gasteiger partial charge in [-0.2, -0.15) is 11.8 Å². The summed E-state index contributed by atoms with van der Waals surface area (Å²) in [4.78, 5) is 24.6. The van der Waals surface area contributed by atoms with E-state index in [-0.39, 0.29) is 5.54 Å². The summed E-state index contributed by atoms with van der Waals surface area (Å²) in [7, 11) is 0. The molecule has 0 atom stereocenters. The first-order valence-corrected chi connectivity index (χ1v) is 7.78. The maximum atomic E-state index is 11.4. The Morgan fingerprint density at radius 3 is 2.47 bits per heavy atom. The van der Waals surface area contributed by atoms with Gasteiger partial charge in [0.05, 0.1) is 0 Å². The summed E-state index contributed by atoms with van der Waals surface area (Å²) < 4.78 is 5.43. The maximum absolute atomic E-state index is 11.4. The third-order valence-electron chi connectivity index (χ3n) is 3.91. The van der Waals surface area contributed by atoms with E-state index in [0.717, 1.165) is 37.4 Å². The van der Waals surface area contributed by atoms with Gasteiger partial charge < -0.3 is 15.8 Å². The number of primary amides is 1. The predicted octanol–water partition coefficient (Wildman–Crippen LogP) is -0.814. The summed E-state index contributed by atoms with van der Waals surface area (Å²) in [5.41, 5.74) is 4.90. The third-order valence-corrected chi connectivity index (χ3v) is 4.85. The lowest BCUT2D eigenvalue weighted by Gasteiger charge is -2.47. The largest absolute Gasteiger partial charge is 0.381 e. The van der Waals surface area contributed by atoms with E-state index in [2.05, 4.69) is 10.2 Å². The third kappa shape index (κ3) is 3.61. The van der Waals surface area contributed by atoms with Crippen LogP contribution in [0.5, 0.6) is 0 Å². The van der Waals surface area contributed by atoms with Crippen LogP contribution in [0.4, 0.5) is 0 Å². The number of amides is 2. The van der Waals surface area contributed by atoms with Gasteiger partial charge in [0.2, 0.25) is 0 Å². The molecule has 2 fully saturated rings. The second-order valence-corrected chi connectivity index (χ2v) is 6.21. The lowest BCUT2D eigenvalue weighted by molar-refractivity contribution is -0.138. The smallest absolute Gasteiger partial charge is 0.309 e. The second-order valence-electron chi connectivity index (χ2n) is 4.98. The molecule has 108 valence electrons. The van der Waals surface area contributed by atoms with Crippen molar-refractivity contribution in [1.82, 2.24) is 10.2 Å². The van der Waals surface area contributed by atoms with Crippen LogP contribution in [0.25, 0.3) is 0 Å². The van der Waals surface area contributed by atoms with Crippen molar-refractivity contribution >= 4 is 23.6 Å². The van der Waals surface area contributed by atoms with Crippen LogP contribution in [0.3, 0.4) is 0 Å². The van der Waals surface area contributed by atoms with Crippen LogP contribution < -0.4 is 11.1 Å². The highest BCUT2D eigenvalue weighted by Gasteiger charge is 2.39. The van der Waals surface area contributed by atoms with Gasteiger partial charge in [-0.15, -0.1) is 0 Å². The lowest BCUT2D eigenvalue weighted by atomic mass is 9.87. The van der Waals surface area contributed by atoms with Crippen molar-refractivity contribution in [1.29, 1.82) is 0 Å². The fourth-order valence-electron chi connectivity index (χ4n) is 2.73. The van der Waals surface area contributed by atoms with E-state index >= 15 is 0 Å². The highest BCUT2D eigenvalue weighted by Crippen LogP contribution is 2.29. The van der Waals surface area contributed by atoms with Gasteiger partial charge in [0.25, 0.3) is 0 Å². The number of nitrogens with one attached hydrogen (secondary N) is 1. The average molecular weight is 287 g/mol. The van der Waals surface area contributed by atoms with E-state index < -0.39 is 11.8 Å². The molecule has 0 radical (unpaired) electrons. The second kappa shape index (κ2) is 6.58.